The molecule has 4 heterocycles. The van der Waals surface area contributed by atoms with Crippen LogP contribution >= 0.6 is 0 Å². The number of pyridine rings is 1. The molecule has 1 aliphatic carbocycles. The van der Waals surface area contributed by atoms with Crippen molar-refractivity contribution in [3.05, 3.63) is 82.0 Å². The summed E-state index contributed by atoms with van der Waals surface area (Å²) in [6, 6.07) is 15.4. The van der Waals surface area contributed by atoms with Crippen LogP contribution in [0.5, 0.6) is 17.4 Å². The van der Waals surface area contributed by atoms with Gasteiger partial charge >= 0.3 is 0 Å². The third kappa shape index (κ3) is 4.66. The largest absolute Gasteiger partial charge is 0.494 e. The molecule has 0 spiro atoms. The van der Waals surface area contributed by atoms with Crippen molar-refractivity contribution >= 4 is 11.8 Å². The summed E-state index contributed by atoms with van der Waals surface area (Å²) >= 11 is 0. The maximum Gasteiger partial charge on any atom is 0.260 e. The maximum absolute atomic E-state index is 14.2. The number of methoxy groups -OCH3 is 1. The molecule has 6 bridgehead atoms. The predicted octanol–water partition coefficient (Wildman–Crippen LogP) is 3.64. The highest BCUT2D eigenvalue weighted by molar-refractivity contribution is 5.97. The molecule has 2 aromatic carbocycles. The highest BCUT2D eigenvalue weighted by atomic mass is 16.5. The molecular formula is C30H31N3O5. The number of hydrogen-bond donors (Lipinski definition) is 1. The number of amides is 2. The van der Waals surface area contributed by atoms with E-state index in [9.17, 15) is 9.59 Å². The Morgan fingerprint density at radius 3 is 2.82 bits per heavy atom. The summed E-state index contributed by atoms with van der Waals surface area (Å²) in [5.41, 5.74) is 5.75. The second kappa shape index (κ2) is 10.4. The molecule has 1 aromatic heterocycles. The van der Waals surface area contributed by atoms with E-state index in [0.29, 0.717) is 49.7 Å². The van der Waals surface area contributed by atoms with Crippen LogP contribution in [0.15, 0.2) is 48.5 Å². The molecule has 0 saturated heterocycles. The quantitative estimate of drug-likeness (QED) is 0.563. The first-order valence-corrected chi connectivity index (χ1v) is 13.2. The molecule has 0 fully saturated rings. The normalized spacial score (nSPS) is 18.7. The number of nitrogens with zero attached hydrogens (tertiary/aromatic N) is 2. The summed E-state index contributed by atoms with van der Waals surface area (Å²) in [5, 5.41) is 2.86. The van der Waals surface area contributed by atoms with E-state index in [4.69, 9.17) is 19.2 Å². The number of nitrogens with one attached hydrogen (secondary N) is 1. The lowest BCUT2D eigenvalue weighted by molar-refractivity contribution is -0.123. The van der Waals surface area contributed by atoms with Crippen molar-refractivity contribution in [3.8, 4) is 17.4 Å². The van der Waals surface area contributed by atoms with Crippen LogP contribution in [0, 0.1) is 0 Å². The lowest BCUT2D eigenvalue weighted by atomic mass is 9.87. The van der Waals surface area contributed by atoms with E-state index in [1.54, 1.807) is 7.11 Å². The molecule has 196 valence electrons. The molecule has 8 heteroatoms. The lowest BCUT2D eigenvalue weighted by Crippen LogP contribution is -2.41. The van der Waals surface area contributed by atoms with Gasteiger partial charge in [-0.05, 0) is 84.7 Å². The Morgan fingerprint density at radius 1 is 1.03 bits per heavy atom. The van der Waals surface area contributed by atoms with Crippen molar-refractivity contribution < 1.29 is 23.8 Å². The molecule has 1 unspecified atom stereocenters. The Bertz CT molecular complexity index is 1390. The number of carbonyl (C=O) groups is 2. The van der Waals surface area contributed by atoms with Gasteiger partial charge in [0.25, 0.3) is 11.8 Å². The van der Waals surface area contributed by atoms with Gasteiger partial charge in [-0.25, -0.2) is 4.98 Å². The van der Waals surface area contributed by atoms with Gasteiger partial charge in [-0.3, -0.25) is 9.59 Å². The molecule has 3 aliphatic heterocycles. The van der Waals surface area contributed by atoms with Gasteiger partial charge in [0.1, 0.15) is 17.1 Å². The van der Waals surface area contributed by atoms with Gasteiger partial charge in [-0.1, -0.05) is 18.2 Å². The molecule has 1 atom stereocenters. The van der Waals surface area contributed by atoms with Crippen LogP contribution in [0.25, 0.3) is 0 Å². The SMILES string of the molecule is COc1nc2c(cc1C(=O)N1CCc3cc4ccc3C1c1cccc(c1)OCCCNC(=O)CO4)CCC2. The van der Waals surface area contributed by atoms with Crippen LogP contribution in [0.2, 0.25) is 0 Å². The van der Waals surface area contributed by atoms with Crippen molar-refractivity contribution in [2.24, 2.45) is 0 Å². The molecule has 3 aromatic rings. The van der Waals surface area contributed by atoms with Crippen LogP contribution < -0.4 is 19.5 Å². The fourth-order valence-electron chi connectivity index (χ4n) is 5.65. The summed E-state index contributed by atoms with van der Waals surface area (Å²) in [7, 11) is 1.57. The maximum atomic E-state index is 14.2. The minimum atomic E-state index is -0.321. The van der Waals surface area contributed by atoms with E-state index in [-0.39, 0.29) is 24.5 Å². The zero-order valence-corrected chi connectivity index (χ0v) is 21.5. The fourth-order valence-corrected chi connectivity index (χ4v) is 5.65. The molecule has 1 N–H and O–H groups in total. The fraction of sp³-hybridized carbons (Fsp3) is 0.367. The van der Waals surface area contributed by atoms with Crippen molar-refractivity contribution in [1.29, 1.82) is 0 Å². The standard InChI is InChI=1S/C30H31N3O5/c1-36-29-25(17-20-5-3-8-26(20)32-29)30(35)33-13-11-19-15-23-9-10-24(19)28(33)21-6-2-7-22(16-21)37-14-4-12-31-27(34)18-38-23/h2,6-7,9-10,15-17,28H,3-5,8,11-14,18H2,1H3,(H,31,34). The van der Waals surface area contributed by atoms with Gasteiger partial charge in [0.2, 0.25) is 5.88 Å². The minimum Gasteiger partial charge on any atom is -0.494 e. The number of aryl methyl sites for hydroxylation is 2. The van der Waals surface area contributed by atoms with Crippen LogP contribution in [0.4, 0.5) is 0 Å². The molecule has 0 saturated carbocycles. The van der Waals surface area contributed by atoms with Gasteiger partial charge in [0, 0.05) is 18.8 Å². The van der Waals surface area contributed by atoms with E-state index < -0.39 is 0 Å². The summed E-state index contributed by atoms with van der Waals surface area (Å²) in [6.07, 6.45) is 4.23. The Labute approximate surface area is 221 Å². The second-order valence-corrected chi connectivity index (χ2v) is 9.93. The van der Waals surface area contributed by atoms with E-state index in [1.807, 2.05) is 53.4 Å². The van der Waals surface area contributed by atoms with E-state index >= 15 is 0 Å². The Kier molecular flexibility index (Phi) is 6.62. The van der Waals surface area contributed by atoms with Gasteiger partial charge in [-0.2, -0.15) is 0 Å². The second-order valence-electron chi connectivity index (χ2n) is 9.93. The first-order chi connectivity index (χ1) is 18.6. The van der Waals surface area contributed by atoms with Gasteiger partial charge < -0.3 is 24.4 Å². The average molecular weight is 514 g/mol. The van der Waals surface area contributed by atoms with Crippen LogP contribution in [-0.4, -0.2) is 55.1 Å². The van der Waals surface area contributed by atoms with Crippen LogP contribution in [-0.2, 0) is 24.1 Å². The molecule has 0 radical (unpaired) electrons. The molecule has 38 heavy (non-hydrogen) atoms. The number of rotatable bonds is 2. The third-order valence-electron chi connectivity index (χ3n) is 7.50. The van der Waals surface area contributed by atoms with E-state index in [0.717, 1.165) is 53.0 Å². The highest BCUT2D eigenvalue weighted by Gasteiger charge is 2.35. The Balaban J connectivity index is 1.43. The summed E-state index contributed by atoms with van der Waals surface area (Å²) in [4.78, 5) is 33.0. The number of fused-ring (bicyclic) bond motifs is 9. The van der Waals surface area contributed by atoms with Crippen LogP contribution in [0.1, 0.15) is 57.2 Å². The van der Waals surface area contributed by atoms with Gasteiger partial charge in [0.15, 0.2) is 6.61 Å². The monoisotopic (exact) mass is 513 g/mol. The minimum absolute atomic E-state index is 0.0438. The first-order valence-electron chi connectivity index (χ1n) is 13.2. The zero-order valence-electron chi connectivity index (χ0n) is 21.5. The van der Waals surface area contributed by atoms with Crippen LogP contribution in [0.3, 0.4) is 0 Å². The lowest BCUT2D eigenvalue weighted by Gasteiger charge is -2.38. The third-order valence-corrected chi connectivity index (χ3v) is 7.50. The molecule has 2 amide bonds. The summed E-state index contributed by atoms with van der Waals surface area (Å²) in [6.45, 7) is 1.45. The van der Waals surface area contributed by atoms with Crippen molar-refractivity contribution in [1.82, 2.24) is 15.2 Å². The molecule has 4 aliphatic rings. The van der Waals surface area contributed by atoms with E-state index in [1.165, 1.54) is 0 Å². The number of hydrogen-bond acceptors (Lipinski definition) is 6. The smallest absolute Gasteiger partial charge is 0.260 e. The average Bonchev–Trinajstić information content (AvgIpc) is 3.41. The molecular weight excluding hydrogens is 482 g/mol. The Hall–Kier alpha value is -4.07. The van der Waals surface area contributed by atoms with Crippen molar-refractivity contribution in [3.63, 3.8) is 0 Å². The zero-order chi connectivity index (χ0) is 26.1. The van der Waals surface area contributed by atoms with Crippen molar-refractivity contribution in [2.75, 3.05) is 33.4 Å². The molecule has 8 nitrogen and oxygen atoms in total. The summed E-state index contributed by atoms with van der Waals surface area (Å²) < 4.78 is 17.4. The predicted molar refractivity (Wildman–Crippen MR) is 141 cm³/mol. The van der Waals surface area contributed by atoms with E-state index in [2.05, 4.69) is 5.32 Å². The number of benzene rings is 2. The number of ether oxygens (including phenoxy) is 3. The number of carbonyl (C=O) groups excluding carboxylic acids is 2. The van der Waals surface area contributed by atoms with Gasteiger partial charge in [-0.15, -0.1) is 0 Å². The van der Waals surface area contributed by atoms with Gasteiger partial charge in [0.05, 0.1) is 19.8 Å². The first kappa shape index (κ1) is 24.3. The topological polar surface area (TPSA) is 90.0 Å². The Morgan fingerprint density at radius 2 is 1.92 bits per heavy atom. The summed E-state index contributed by atoms with van der Waals surface area (Å²) in [5.74, 6) is 1.50. The van der Waals surface area contributed by atoms with Crippen molar-refractivity contribution in [2.45, 2.75) is 38.1 Å². The molecule has 7 rings (SSSR count). The number of aromatic nitrogens is 1. The highest BCUT2D eigenvalue weighted by Crippen LogP contribution is 2.40.